The van der Waals surface area contributed by atoms with E-state index >= 15 is 0 Å². The molecular weight excluding hydrogens is 264 g/mol. The zero-order chi connectivity index (χ0) is 15.2. The molecule has 1 heterocycles. The average Bonchev–Trinajstić information content (AvgIpc) is 2.76. The molecule has 0 saturated heterocycles. The summed E-state index contributed by atoms with van der Waals surface area (Å²) in [7, 11) is 0. The summed E-state index contributed by atoms with van der Waals surface area (Å²) in [6.45, 7) is 5.48. The summed E-state index contributed by atoms with van der Waals surface area (Å²) in [6.07, 6.45) is 1.19. The summed E-state index contributed by atoms with van der Waals surface area (Å²) in [5.41, 5.74) is 9.53. The first-order chi connectivity index (χ1) is 10.1. The Bertz CT molecular complexity index is 618. The average molecular weight is 286 g/mol. The Kier molecular flexibility index (Phi) is 4.98. The molecule has 1 aromatic carbocycles. The van der Waals surface area contributed by atoms with E-state index in [2.05, 4.69) is 16.5 Å². The minimum Gasteiger partial charge on any atom is -0.398 e. The normalized spacial score (nSPS) is 10.6. The molecule has 0 bridgehead atoms. The molecule has 0 spiro atoms. The summed E-state index contributed by atoms with van der Waals surface area (Å²) in [5.74, 6) is 0.00117. The fourth-order valence-corrected chi connectivity index (χ4v) is 2.29. The van der Waals surface area contributed by atoms with Gasteiger partial charge in [-0.15, -0.1) is 0 Å². The summed E-state index contributed by atoms with van der Waals surface area (Å²) in [5, 5.41) is 7.31. The van der Waals surface area contributed by atoms with Crippen LogP contribution in [0.4, 0.5) is 5.69 Å². The summed E-state index contributed by atoms with van der Waals surface area (Å²) in [6, 6.07) is 9.50. The number of hydrogen-bond acceptors (Lipinski definition) is 3. The third-order valence-corrected chi connectivity index (χ3v) is 3.38. The fraction of sp³-hybridized carbons (Fsp3) is 0.375. The van der Waals surface area contributed by atoms with Crippen LogP contribution in [0, 0.1) is 13.8 Å². The van der Waals surface area contributed by atoms with Crippen LogP contribution in [0.15, 0.2) is 30.3 Å². The molecule has 0 atom stereocenters. The highest BCUT2D eigenvalue weighted by molar-refractivity contribution is 5.80. The first-order valence-corrected chi connectivity index (χ1v) is 7.17. The lowest BCUT2D eigenvalue weighted by Gasteiger charge is -2.08. The highest BCUT2D eigenvalue weighted by Crippen LogP contribution is 2.10. The van der Waals surface area contributed by atoms with E-state index in [1.54, 1.807) is 0 Å². The number of carbonyl (C=O) groups is 1. The lowest BCUT2D eigenvalue weighted by molar-refractivity contribution is -0.120. The van der Waals surface area contributed by atoms with Gasteiger partial charge in [-0.25, -0.2) is 0 Å². The molecule has 2 rings (SSSR count). The summed E-state index contributed by atoms with van der Waals surface area (Å²) < 4.78 is 1.97. The molecule has 0 unspecified atom stereocenters. The van der Waals surface area contributed by atoms with Gasteiger partial charge in [0, 0.05) is 24.5 Å². The van der Waals surface area contributed by atoms with Crippen molar-refractivity contribution >= 4 is 11.6 Å². The second kappa shape index (κ2) is 6.92. The van der Waals surface area contributed by atoms with E-state index < -0.39 is 0 Å². The Morgan fingerprint density at radius 3 is 2.76 bits per heavy atom. The molecule has 0 saturated carbocycles. The second-order valence-corrected chi connectivity index (χ2v) is 5.23. The van der Waals surface area contributed by atoms with Gasteiger partial charge in [0.2, 0.25) is 5.91 Å². The largest absolute Gasteiger partial charge is 0.398 e. The van der Waals surface area contributed by atoms with Gasteiger partial charge in [0.05, 0.1) is 12.1 Å². The number of anilines is 1. The number of nitrogen functional groups attached to an aromatic ring is 1. The van der Waals surface area contributed by atoms with Crippen LogP contribution in [-0.2, 0) is 17.8 Å². The van der Waals surface area contributed by atoms with Crippen LogP contribution in [0.3, 0.4) is 0 Å². The van der Waals surface area contributed by atoms with Crippen molar-refractivity contribution < 1.29 is 4.79 Å². The molecule has 0 aliphatic rings. The van der Waals surface area contributed by atoms with Crippen molar-refractivity contribution in [2.24, 2.45) is 0 Å². The van der Waals surface area contributed by atoms with Crippen LogP contribution in [-0.4, -0.2) is 22.2 Å². The summed E-state index contributed by atoms with van der Waals surface area (Å²) in [4.78, 5) is 11.9. The maximum absolute atomic E-state index is 11.9. The summed E-state index contributed by atoms with van der Waals surface area (Å²) >= 11 is 0. The zero-order valence-electron chi connectivity index (χ0n) is 12.6. The third kappa shape index (κ3) is 4.34. The Morgan fingerprint density at radius 2 is 2.10 bits per heavy atom. The number of para-hydroxylation sites is 1. The highest BCUT2D eigenvalue weighted by Gasteiger charge is 2.06. The van der Waals surface area contributed by atoms with Crippen LogP contribution in [0.25, 0.3) is 0 Å². The first kappa shape index (κ1) is 15.1. The maximum atomic E-state index is 11.9. The molecule has 0 aliphatic heterocycles. The molecule has 2 aromatic rings. The van der Waals surface area contributed by atoms with Gasteiger partial charge < -0.3 is 11.1 Å². The van der Waals surface area contributed by atoms with Gasteiger partial charge in [-0.1, -0.05) is 18.2 Å². The number of amides is 1. The van der Waals surface area contributed by atoms with E-state index in [4.69, 9.17) is 5.73 Å². The molecule has 0 radical (unpaired) electrons. The number of benzene rings is 1. The monoisotopic (exact) mass is 286 g/mol. The molecule has 3 N–H and O–H groups in total. The molecule has 112 valence electrons. The van der Waals surface area contributed by atoms with E-state index in [9.17, 15) is 4.79 Å². The van der Waals surface area contributed by atoms with Crippen LogP contribution >= 0.6 is 0 Å². The topological polar surface area (TPSA) is 72.9 Å². The van der Waals surface area contributed by atoms with Crippen LogP contribution < -0.4 is 11.1 Å². The fourth-order valence-electron chi connectivity index (χ4n) is 2.29. The molecule has 5 nitrogen and oxygen atoms in total. The van der Waals surface area contributed by atoms with Crippen molar-refractivity contribution in [1.82, 2.24) is 15.1 Å². The molecule has 0 fully saturated rings. The molecule has 21 heavy (non-hydrogen) atoms. The van der Waals surface area contributed by atoms with E-state index in [1.165, 1.54) is 0 Å². The van der Waals surface area contributed by atoms with Crippen molar-refractivity contribution in [3.05, 3.63) is 47.3 Å². The lowest BCUT2D eigenvalue weighted by Crippen LogP contribution is -2.27. The van der Waals surface area contributed by atoms with Gasteiger partial charge in [0.25, 0.3) is 0 Å². The number of hydrogen-bond donors (Lipinski definition) is 2. The molecule has 5 heteroatoms. The molecule has 1 aromatic heterocycles. The van der Waals surface area contributed by atoms with Crippen LogP contribution in [0.1, 0.15) is 23.4 Å². The maximum Gasteiger partial charge on any atom is 0.224 e. The predicted molar refractivity (Wildman–Crippen MR) is 83.9 cm³/mol. The van der Waals surface area contributed by atoms with Gasteiger partial charge in [0.1, 0.15) is 0 Å². The first-order valence-electron chi connectivity index (χ1n) is 7.17. The lowest BCUT2D eigenvalue weighted by atomic mass is 10.1. The van der Waals surface area contributed by atoms with Gasteiger partial charge in [-0.2, -0.15) is 5.10 Å². The predicted octanol–water partition coefficient (Wildman–Crippen LogP) is 1.83. The van der Waals surface area contributed by atoms with E-state index in [1.807, 2.05) is 42.8 Å². The molecular formula is C16H22N4O. The van der Waals surface area contributed by atoms with Crippen LogP contribution in [0.2, 0.25) is 0 Å². The number of nitrogens with two attached hydrogens (primary N) is 1. The van der Waals surface area contributed by atoms with Gasteiger partial charge in [0.15, 0.2) is 0 Å². The number of nitrogens with zero attached hydrogens (tertiary/aromatic N) is 2. The molecule has 1 amide bonds. The molecule has 0 aliphatic carbocycles. The Labute approximate surface area is 125 Å². The third-order valence-electron chi connectivity index (χ3n) is 3.38. The van der Waals surface area contributed by atoms with Crippen molar-refractivity contribution in [3.8, 4) is 0 Å². The van der Waals surface area contributed by atoms with Crippen molar-refractivity contribution in [2.75, 3.05) is 12.3 Å². The number of aromatic nitrogens is 2. The number of carbonyl (C=O) groups excluding carboxylic acids is 1. The zero-order valence-corrected chi connectivity index (χ0v) is 12.6. The van der Waals surface area contributed by atoms with Gasteiger partial charge in [-0.3, -0.25) is 9.48 Å². The van der Waals surface area contributed by atoms with Gasteiger partial charge in [-0.05, 0) is 38.0 Å². The quantitative estimate of drug-likeness (QED) is 0.628. The van der Waals surface area contributed by atoms with Crippen molar-refractivity contribution in [2.45, 2.75) is 33.2 Å². The number of rotatable bonds is 6. The Hall–Kier alpha value is -2.30. The number of nitrogens with one attached hydrogen (secondary N) is 1. The smallest absolute Gasteiger partial charge is 0.224 e. The van der Waals surface area contributed by atoms with Crippen LogP contribution in [0.5, 0.6) is 0 Å². The van der Waals surface area contributed by atoms with E-state index in [0.29, 0.717) is 18.7 Å². The SMILES string of the molecule is Cc1cc(C)n(CCCNC(=O)Cc2ccccc2N)n1. The van der Waals surface area contributed by atoms with Gasteiger partial charge >= 0.3 is 0 Å². The number of aryl methyl sites for hydroxylation is 3. The van der Waals surface area contributed by atoms with E-state index in [-0.39, 0.29) is 5.91 Å². The highest BCUT2D eigenvalue weighted by atomic mass is 16.1. The standard InChI is InChI=1S/C16H22N4O/c1-12-10-13(2)20(19-12)9-5-8-18-16(21)11-14-6-3-4-7-15(14)17/h3-4,6-7,10H,5,8-9,11,17H2,1-2H3,(H,18,21). The minimum atomic E-state index is 0.00117. The minimum absolute atomic E-state index is 0.00117. The van der Waals surface area contributed by atoms with Crippen molar-refractivity contribution in [1.29, 1.82) is 0 Å². The van der Waals surface area contributed by atoms with Crippen molar-refractivity contribution in [3.63, 3.8) is 0 Å². The van der Waals surface area contributed by atoms with E-state index in [0.717, 1.165) is 29.9 Å². The Morgan fingerprint density at radius 1 is 1.33 bits per heavy atom. The Balaban J connectivity index is 1.72. The second-order valence-electron chi connectivity index (χ2n) is 5.23.